The van der Waals surface area contributed by atoms with Crippen molar-refractivity contribution in [2.45, 2.75) is 25.9 Å². The van der Waals surface area contributed by atoms with Gasteiger partial charge >= 0.3 is 0 Å². The smallest absolute Gasteiger partial charge is 0.122 e. The van der Waals surface area contributed by atoms with E-state index in [1.165, 1.54) is 5.56 Å². The first-order valence-electron chi connectivity index (χ1n) is 7.04. The summed E-state index contributed by atoms with van der Waals surface area (Å²) in [6.45, 7) is 2.91. The van der Waals surface area contributed by atoms with Crippen LogP contribution in [0.4, 0.5) is 0 Å². The molecule has 1 aromatic heterocycles. The van der Waals surface area contributed by atoms with E-state index < -0.39 is 0 Å². The lowest BCUT2D eigenvalue weighted by Gasteiger charge is -2.15. The maximum atomic E-state index is 8.96. The first-order valence-corrected chi connectivity index (χ1v) is 7.04. The predicted molar refractivity (Wildman–Crippen MR) is 83.1 cm³/mol. The molecule has 1 aromatic carbocycles. The first-order chi connectivity index (χ1) is 10.1. The topological polar surface area (TPSA) is 50.0 Å². The van der Waals surface area contributed by atoms with Crippen LogP contribution in [0, 0.1) is 11.3 Å². The molecule has 0 spiro atoms. The molecule has 0 aliphatic rings. The third-order valence-electron chi connectivity index (χ3n) is 3.55. The number of ether oxygens (including phenoxy) is 1. The number of nitrogens with one attached hydrogen (secondary N) is 1. The Morgan fingerprint density at radius 2 is 2.14 bits per heavy atom. The van der Waals surface area contributed by atoms with Crippen LogP contribution in [0.1, 0.15) is 23.7 Å². The van der Waals surface area contributed by atoms with Gasteiger partial charge in [-0.2, -0.15) is 5.26 Å². The number of aromatic nitrogens is 1. The van der Waals surface area contributed by atoms with Crippen molar-refractivity contribution >= 4 is 0 Å². The molecule has 0 radical (unpaired) electrons. The van der Waals surface area contributed by atoms with Crippen LogP contribution >= 0.6 is 0 Å². The predicted octanol–water partition coefficient (Wildman–Crippen LogP) is 2.63. The van der Waals surface area contributed by atoms with Crippen molar-refractivity contribution in [2.75, 3.05) is 7.11 Å². The standard InChI is InChI=1S/C17H21N3O/c1-13(8-15-6-4-5-7-17(15)21-3)19-11-14-9-16(10-18)20(2)12-14/h4-7,9,12-13,19H,8,11H2,1-3H3. The largest absolute Gasteiger partial charge is 0.496 e. The molecule has 0 saturated carbocycles. The molecule has 0 bridgehead atoms. The van der Waals surface area contributed by atoms with E-state index in [9.17, 15) is 0 Å². The quantitative estimate of drug-likeness (QED) is 0.886. The molecule has 0 aliphatic heterocycles. The lowest BCUT2D eigenvalue weighted by molar-refractivity contribution is 0.406. The molecule has 4 nitrogen and oxygen atoms in total. The summed E-state index contributed by atoms with van der Waals surface area (Å²) in [5.74, 6) is 0.928. The van der Waals surface area contributed by atoms with Crippen molar-refractivity contribution in [1.29, 1.82) is 5.26 Å². The van der Waals surface area contributed by atoms with Gasteiger partial charge < -0.3 is 14.6 Å². The molecule has 0 aliphatic carbocycles. The van der Waals surface area contributed by atoms with E-state index in [0.29, 0.717) is 11.7 Å². The zero-order chi connectivity index (χ0) is 15.2. The summed E-state index contributed by atoms with van der Waals surface area (Å²) in [6.07, 6.45) is 2.89. The number of rotatable bonds is 6. The van der Waals surface area contributed by atoms with Crippen molar-refractivity contribution in [3.63, 3.8) is 0 Å². The number of hydrogen-bond donors (Lipinski definition) is 1. The minimum Gasteiger partial charge on any atom is -0.496 e. The Kier molecular flexibility index (Phi) is 5.02. The molecule has 0 amide bonds. The lowest BCUT2D eigenvalue weighted by atomic mass is 10.1. The van der Waals surface area contributed by atoms with E-state index in [2.05, 4.69) is 24.4 Å². The highest BCUT2D eigenvalue weighted by Gasteiger charge is 2.08. The average Bonchev–Trinajstić information content (AvgIpc) is 2.86. The third kappa shape index (κ3) is 3.87. The summed E-state index contributed by atoms with van der Waals surface area (Å²) in [5.41, 5.74) is 3.01. The zero-order valence-corrected chi connectivity index (χ0v) is 12.8. The van der Waals surface area contributed by atoms with Gasteiger partial charge in [-0.05, 0) is 36.6 Å². The number of nitriles is 1. The summed E-state index contributed by atoms with van der Waals surface area (Å²) >= 11 is 0. The van der Waals surface area contributed by atoms with Gasteiger partial charge in [-0.3, -0.25) is 0 Å². The molecule has 21 heavy (non-hydrogen) atoms. The Bertz CT molecular complexity index is 640. The van der Waals surface area contributed by atoms with Gasteiger partial charge in [0, 0.05) is 25.8 Å². The van der Waals surface area contributed by atoms with E-state index in [0.717, 1.165) is 24.3 Å². The highest BCUT2D eigenvalue weighted by Crippen LogP contribution is 2.19. The van der Waals surface area contributed by atoms with Crippen LogP contribution in [-0.4, -0.2) is 17.7 Å². The number of para-hydroxylation sites is 1. The number of benzene rings is 1. The Morgan fingerprint density at radius 3 is 2.81 bits per heavy atom. The van der Waals surface area contributed by atoms with E-state index in [-0.39, 0.29) is 0 Å². The molecule has 1 N–H and O–H groups in total. The number of aryl methyl sites for hydroxylation is 1. The summed E-state index contributed by atoms with van der Waals surface area (Å²) in [4.78, 5) is 0. The second kappa shape index (κ2) is 6.96. The van der Waals surface area contributed by atoms with Crippen molar-refractivity contribution < 1.29 is 4.74 Å². The van der Waals surface area contributed by atoms with Gasteiger partial charge in [0.25, 0.3) is 0 Å². The van der Waals surface area contributed by atoms with Gasteiger partial charge in [0.2, 0.25) is 0 Å². The van der Waals surface area contributed by atoms with Crippen LogP contribution in [0.2, 0.25) is 0 Å². The Hall–Kier alpha value is -2.25. The lowest BCUT2D eigenvalue weighted by Crippen LogP contribution is -2.27. The molecule has 0 fully saturated rings. The van der Waals surface area contributed by atoms with Gasteiger partial charge in [0.1, 0.15) is 17.5 Å². The molecular weight excluding hydrogens is 262 g/mol. The maximum Gasteiger partial charge on any atom is 0.122 e. The Morgan fingerprint density at radius 1 is 1.38 bits per heavy atom. The second-order valence-corrected chi connectivity index (χ2v) is 5.25. The van der Waals surface area contributed by atoms with Gasteiger partial charge in [-0.25, -0.2) is 0 Å². The second-order valence-electron chi connectivity index (χ2n) is 5.25. The third-order valence-corrected chi connectivity index (χ3v) is 3.55. The van der Waals surface area contributed by atoms with Crippen LogP contribution in [0.3, 0.4) is 0 Å². The summed E-state index contributed by atoms with van der Waals surface area (Å²) in [7, 11) is 3.59. The van der Waals surface area contributed by atoms with E-state index in [4.69, 9.17) is 10.00 Å². The summed E-state index contributed by atoms with van der Waals surface area (Å²) in [5, 5.41) is 12.4. The molecule has 1 atom stereocenters. The van der Waals surface area contributed by atoms with E-state index in [1.54, 1.807) is 7.11 Å². The van der Waals surface area contributed by atoms with Gasteiger partial charge in [-0.15, -0.1) is 0 Å². The van der Waals surface area contributed by atoms with Crippen LogP contribution < -0.4 is 10.1 Å². The van der Waals surface area contributed by atoms with E-state index >= 15 is 0 Å². The molecule has 4 heteroatoms. The highest BCUT2D eigenvalue weighted by molar-refractivity contribution is 5.34. The fraction of sp³-hybridized carbons (Fsp3) is 0.353. The van der Waals surface area contributed by atoms with Gasteiger partial charge in [0.15, 0.2) is 0 Å². The van der Waals surface area contributed by atoms with Crippen LogP contribution in [-0.2, 0) is 20.0 Å². The van der Waals surface area contributed by atoms with Crippen molar-refractivity contribution in [3.8, 4) is 11.8 Å². The highest BCUT2D eigenvalue weighted by atomic mass is 16.5. The Labute approximate surface area is 126 Å². The minimum absolute atomic E-state index is 0.326. The van der Waals surface area contributed by atoms with E-state index in [1.807, 2.05) is 42.1 Å². The molecular formula is C17H21N3O. The van der Waals surface area contributed by atoms with Gasteiger partial charge in [-0.1, -0.05) is 18.2 Å². The van der Waals surface area contributed by atoms with Crippen molar-refractivity contribution in [3.05, 3.63) is 53.3 Å². The van der Waals surface area contributed by atoms with Crippen LogP contribution in [0.15, 0.2) is 36.5 Å². The van der Waals surface area contributed by atoms with Crippen LogP contribution in [0.5, 0.6) is 5.75 Å². The van der Waals surface area contributed by atoms with Crippen molar-refractivity contribution in [1.82, 2.24) is 9.88 Å². The van der Waals surface area contributed by atoms with Crippen molar-refractivity contribution in [2.24, 2.45) is 7.05 Å². The molecule has 1 unspecified atom stereocenters. The van der Waals surface area contributed by atoms with Gasteiger partial charge in [0.05, 0.1) is 7.11 Å². The maximum absolute atomic E-state index is 8.96. The number of nitrogens with zero attached hydrogens (tertiary/aromatic N) is 2. The first kappa shape index (κ1) is 15.1. The fourth-order valence-corrected chi connectivity index (χ4v) is 2.41. The number of hydrogen-bond acceptors (Lipinski definition) is 3. The Balaban J connectivity index is 1.92. The van der Waals surface area contributed by atoms with Crippen LogP contribution in [0.25, 0.3) is 0 Å². The normalized spacial score (nSPS) is 11.9. The minimum atomic E-state index is 0.326. The summed E-state index contributed by atoms with van der Waals surface area (Å²) < 4.78 is 7.22. The molecule has 2 rings (SSSR count). The SMILES string of the molecule is COc1ccccc1CC(C)NCc1cc(C#N)n(C)c1. The molecule has 0 saturated heterocycles. The molecule has 2 aromatic rings. The zero-order valence-electron chi connectivity index (χ0n) is 12.8. The molecule has 110 valence electrons. The monoisotopic (exact) mass is 283 g/mol. The number of methoxy groups -OCH3 is 1. The molecule has 1 heterocycles. The fourth-order valence-electron chi connectivity index (χ4n) is 2.41. The summed E-state index contributed by atoms with van der Waals surface area (Å²) in [6, 6.07) is 12.5. The average molecular weight is 283 g/mol.